The Morgan fingerprint density at radius 1 is 0.833 bits per heavy atom. The number of amides is 4. The molecule has 15 heteroatoms. The number of carbonyl (C=O) groups excluding carboxylic acids is 4. The predicted octanol–water partition coefficient (Wildman–Crippen LogP) is 10.3. The van der Waals surface area contributed by atoms with Crippen LogP contribution in [-0.4, -0.2) is 59.8 Å². The highest BCUT2D eigenvalue weighted by molar-refractivity contribution is 7.22. The molecule has 0 spiro atoms. The van der Waals surface area contributed by atoms with Crippen molar-refractivity contribution in [2.75, 3.05) is 31.1 Å². The maximum atomic E-state index is 15.3. The number of thiophene rings is 1. The van der Waals surface area contributed by atoms with Crippen LogP contribution in [0.25, 0.3) is 32.8 Å². The van der Waals surface area contributed by atoms with Crippen LogP contribution >= 0.6 is 34.5 Å². The molecule has 4 aliphatic rings. The van der Waals surface area contributed by atoms with E-state index in [0.29, 0.717) is 39.3 Å². The molecule has 12 nitrogen and oxygen atoms in total. The number of hydrogen-bond acceptors (Lipinski definition) is 10. The molecule has 0 radical (unpaired) electrons. The zero-order valence-corrected chi connectivity index (χ0v) is 39.1. The summed E-state index contributed by atoms with van der Waals surface area (Å²) in [5.74, 6) is -3.81. The summed E-state index contributed by atoms with van der Waals surface area (Å²) in [5.41, 5.74) is 3.59. The molecule has 1 N–H and O–H groups in total. The summed E-state index contributed by atoms with van der Waals surface area (Å²) in [6.45, 7) is 3.79. The van der Waals surface area contributed by atoms with Gasteiger partial charge in [0, 0.05) is 34.3 Å². The van der Waals surface area contributed by atoms with Gasteiger partial charge in [0.2, 0.25) is 23.6 Å². The summed E-state index contributed by atoms with van der Waals surface area (Å²) in [5, 5.41) is 17.3. The van der Waals surface area contributed by atoms with Crippen molar-refractivity contribution in [2.24, 2.45) is 36.1 Å². The number of imide groups is 2. The number of ether oxygens (including phenoxy) is 3. The van der Waals surface area contributed by atoms with Crippen molar-refractivity contribution in [3.8, 4) is 33.6 Å². The van der Waals surface area contributed by atoms with E-state index in [1.54, 1.807) is 74.5 Å². The number of phenolic OH excluding ortho intramolecular Hbond substituents is 1. The summed E-state index contributed by atoms with van der Waals surface area (Å²) < 4.78 is 19.0. The van der Waals surface area contributed by atoms with Crippen molar-refractivity contribution >= 4 is 91.9 Å². The molecule has 6 atom stereocenters. The van der Waals surface area contributed by atoms with Gasteiger partial charge < -0.3 is 19.3 Å². The minimum atomic E-state index is -1.38. The van der Waals surface area contributed by atoms with Crippen molar-refractivity contribution in [3.63, 3.8) is 0 Å². The molecule has 6 aromatic rings. The van der Waals surface area contributed by atoms with Gasteiger partial charge in [0.05, 0.1) is 60.1 Å². The molecule has 2 aliphatic carbocycles. The number of rotatable bonds is 9. The van der Waals surface area contributed by atoms with E-state index >= 15 is 9.59 Å². The third-order valence-corrected chi connectivity index (χ3v) is 16.0. The number of aryl methyl sites for hydroxylation is 2. The molecular weight excluding hydrogens is 900 g/mol. The molecule has 66 heavy (non-hydrogen) atoms. The second-order valence-corrected chi connectivity index (χ2v) is 19.4. The highest BCUT2D eigenvalue weighted by Crippen LogP contribution is 2.64. The van der Waals surface area contributed by atoms with E-state index in [4.69, 9.17) is 42.5 Å². The number of phenols is 1. The van der Waals surface area contributed by atoms with Crippen LogP contribution in [0.15, 0.2) is 90.5 Å². The molecule has 4 amide bonds. The van der Waals surface area contributed by atoms with Crippen molar-refractivity contribution in [1.29, 1.82) is 0 Å². The molecule has 4 aromatic carbocycles. The van der Waals surface area contributed by atoms with Crippen molar-refractivity contribution < 1.29 is 38.5 Å². The number of benzene rings is 4. The number of carbonyl (C=O) groups is 4. The third kappa shape index (κ3) is 6.57. The molecule has 2 aliphatic heterocycles. The molecule has 2 saturated heterocycles. The number of hydrogen-bond donors (Lipinski definition) is 1. The SMILES string of the molecule is COc1ccc(OC)c(C=Cc2ccc(N3C(=O)[C@H]4[C@H](CC=C5[C@H]4C[C@H]4C(=O)N(c6cc(-c7sc8ccc(Cl)cc8c7C)nn6C)C(=O)[C@@]4(C)[C@H]5c4cc(Cl)c(O)c(OC)c4)C3=O)cc2)c1. The largest absolute Gasteiger partial charge is 0.503 e. The first-order chi connectivity index (χ1) is 31.7. The van der Waals surface area contributed by atoms with E-state index in [1.807, 2.05) is 73.7 Å². The van der Waals surface area contributed by atoms with E-state index in [0.717, 1.165) is 37.2 Å². The molecular formula is C51H44Cl2N4O8S. The second kappa shape index (κ2) is 16.2. The number of nitrogens with zero attached hydrogens (tertiary/aromatic N) is 4. The van der Waals surface area contributed by atoms with Crippen LogP contribution < -0.4 is 24.0 Å². The number of aromatic nitrogens is 2. The molecule has 336 valence electrons. The molecule has 10 rings (SSSR count). The van der Waals surface area contributed by atoms with Crippen LogP contribution in [0, 0.1) is 36.0 Å². The fourth-order valence-electron chi connectivity index (χ4n) is 10.9. The quantitative estimate of drug-likeness (QED) is 0.0852. The van der Waals surface area contributed by atoms with Gasteiger partial charge in [-0.15, -0.1) is 11.3 Å². The van der Waals surface area contributed by atoms with E-state index < -0.39 is 46.8 Å². The van der Waals surface area contributed by atoms with Gasteiger partial charge in [-0.2, -0.15) is 5.10 Å². The van der Waals surface area contributed by atoms with Gasteiger partial charge in [-0.05, 0) is 115 Å². The lowest BCUT2D eigenvalue weighted by Crippen LogP contribution is -2.49. The first kappa shape index (κ1) is 43.5. The zero-order valence-electron chi connectivity index (χ0n) is 36.8. The van der Waals surface area contributed by atoms with Crippen LogP contribution in [0.4, 0.5) is 11.5 Å². The lowest BCUT2D eigenvalue weighted by Gasteiger charge is -2.49. The summed E-state index contributed by atoms with van der Waals surface area (Å²) in [4.78, 5) is 63.1. The van der Waals surface area contributed by atoms with Gasteiger partial charge in [-0.1, -0.05) is 59.1 Å². The highest BCUT2D eigenvalue weighted by atomic mass is 35.5. The van der Waals surface area contributed by atoms with Crippen LogP contribution in [0.5, 0.6) is 23.0 Å². The Bertz CT molecular complexity index is 3120. The van der Waals surface area contributed by atoms with E-state index in [9.17, 15) is 14.7 Å². The van der Waals surface area contributed by atoms with Crippen molar-refractivity contribution in [2.45, 2.75) is 32.6 Å². The Morgan fingerprint density at radius 3 is 2.32 bits per heavy atom. The first-order valence-corrected chi connectivity index (χ1v) is 23.0. The summed E-state index contributed by atoms with van der Waals surface area (Å²) in [7, 11) is 6.31. The lowest BCUT2D eigenvalue weighted by molar-refractivity contribution is -0.131. The standard InChI is InChI=1S/C51H44Cl2N4O8S/c1-25-34-22-29(52)11-18-41(34)66-46(25)38-24-42(55(3)54-38)57-48(60)36-23-35-32(44(51(36,2)50(57)62)28-20-37(53)45(58)40(21-28)65-6)15-16-33-43(35)49(61)56(47(33)59)30-12-8-26(9-13-30)7-10-27-19-31(63-4)14-17-39(27)64-5/h7-15,17-22,24,33,35-36,43-44,58H,16,23H2,1-6H3/t33-,35+,36-,43-,44-,51+/m0/s1. The Hall–Kier alpha value is -6.41. The maximum Gasteiger partial charge on any atom is 0.242 e. The van der Waals surface area contributed by atoms with Crippen molar-refractivity contribution in [1.82, 2.24) is 9.78 Å². The fourth-order valence-corrected chi connectivity index (χ4v) is 12.4. The molecule has 0 unspecified atom stereocenters. The highest BCUT2D eigenvalue weighted by Gasteiger charge is 2.68. The van der Waals surface area contributed by atoms with Crippen molar-refractivity contribution in [3.05, 3.63) is 123 Å². The Labute approximate surface area is 394 Å². The summed E-state index contributed by atoms with van der Waals surface area (Å²) in [6.07, 6.45) is 6.18. The fraction of sp³-hybridized carbons (Fsp3) is 0.275. The van der Waals surface area contributed by atoms with Crippen LogP contribution in [0.1, 0.15) is 47.9 Å². The van der Waals surface area contributed by atoms with Crippen LogP contribution in [-0.2, 0) is 26.2 Å². The average molecular weight is 944 g/mol. The normalized spacial score (nSPS) is 23.7. The van der Waals surface area contributed by atoms with Gasteiger partial charge in [-0.25, -0.2) is 4.90 Å². The predicted molar refractivity (Wildman–Crippen MR) is 255 cm³/mol. The Kier molecular flexibility index (Phi) is 10.7. The zero-order chi connectivity index (χ0) is 46.5. The van der Waals surface area contributed by atoms with Gasteiger partial charge in [0.25, 0.3) is 0 Å². The molecule has 0 bridgehead atoms. The third-order valence-electron chi connectivity index (χ3n) is 14.1. The van der Waals surface area contributed by atoms with E-state index in [-0.39, 0.29) is 41.2 Å². The number of allylic oxidation sites excluding steroid dienone is 2. The minimum Gasteiger partial charge on any atom is -0.503 e. The number of anilines is 2. The van der Waals surface area contributed by atoms with Gasteiger partial charge >= 0.3 is 0 Å². The van der Waals surface area contributed by atoms with Gasteiger partial charge in [-0.3, -0.25) is 28.8 Å². The van der Waals surface area contributed by atoms with Crippen LogP contribution in [0.2, 0.25) is 10.0 Å². The lowest BCUT2D eigenvalue weighted by atomic mass is 9.51. The first-order valence-electron chi connectivity index (χ1n) is 21.4. The monoisotopic (exact) mass is 942 g/mol. The number of halogens is 2. The second-order valence-electron chi connectivity index (χ2n) is 17.5. The van der Waals surface area contributed by atoms with E-state index in [2.05, 4.69) is 0 Å². The molecule has 3 fully saturated rings. The molecule has 2 aromatic heterocycles. The summed E-state index contributed by atoms with van der Waals surface area (Å²) >= 11 is 14.6. The summed E-state index contributed by atoms with van der Waals surface area (Å²) in [6, 6.07) is 23.4. The number of aromatic hydroxyl groups is 1. The number of methoxy groups -OCH3 is 3. The molecule has 1 saturated carbocycles. The molecule has 4 heterocycles. The maximum absolute atomic E-state index is 15.3. The average Bonchev–Trinajstić information content (AvgIpc) is 3.99. The Balaban J connectivity index is 1.01. The van der Waals surface area contributed by atoms with Gasteiger partial charge in [0.1, 0.15) is 23.0 Å². The number of fused-ring (bicyclic) bond motifs is 5. The smallest absolute Gasteiger partial charge is 0.242 e. The Morgan fingerprint density at radius 2 is 1.59 bits per heavy atom. The minimum absolute atomic E-state index is 0.00465. The van der Waals surface area contributed by atoms with Crippen LogP contribution in [0.3, 0.4) is 0 Å². The van der Waals surface area contributed by atoms with Gasteiger partial charge in [0.15, 0.2) is 11.5 Å². The van der Waals surface area contributed by atoms with E-state index in [1.165, 1.54) is 16.9 Å². The topological polar surface area (TPSA) is 140 Å².